The number of hydrogen-bond acceptors (Lipinski definition) is 5. The van der Waals surface area contributed by atoms with Crippen molar-refractivity contribution in [3.05, 3.63) is 92.3 Å². The molecule has 8 nitrogen and oxygen atoms in total. The van der Waals surface area contributed by atoms with Crippen LogP contribution in [0.25, 0.3) is 17.2 Å². The molecule has 6 rings (SSSR count). The summed E-state index contributed by atoms with van der Waals surface area (Å²) in [5.41, 5.74) is 10.6. The third kappa shape index (κ3) is 3.60. The van der Waals surface area contributed by atoms with E-state index in [1.807, 2.05) is 6.07 Å². The molecule has 0 saturated carbocycles. The van der Waals surface area contributed by atoms with E-state index in [1.54, 1.807) is 49.1 Å². The fraction of sp³-hybridized carbons (Fsp3) is 0.308. The van der Waals surface area contributed by atoms with Gasteiger partial charge in [-0.1, -0.05) is 6.07 Å². The second-order valence-corrected chi connectivity index (χ2v) is 9.40. The Morgan fingerprint density at radius 2 is 1.67 bits per heavy atom. The zero-order valence-corrected chi connectivity index (χ0v) is 20.2. The van der Waals surface area contributed by atoms with E-state index in [9.17, 15) is 9.18 Å². The minimum Gasteiger partial charge on any atom is -0.312 e. The molecule has 2 aromatic carbocycles. The van der Waals surface area contributed by atoms with Gasteiger partial charge in [-0.15, -0.1) is 0 Å². The molecule has 0 radical (unpaired) electrons. The Bertz CT molecular complexity index is 1530. The zero-order chi connectivity index (χ0) is 25.0. The maximum atomic E-state index is 15.5. The number of nitrogens with zero attached hydrogens (tertiary/aromatic N) is 4. The van der Waals surface area contributed by atoms with Gasteiger partial charge in [0.1, 0.15) is 11.6 Å². The van der Waals surface area contributed by atoms with Crippen molar-refractivity contribution in [2.24, 2.45) is 0 Å². The van der Waals surface area contributed by atoms with E-state index in [1.165, 1.54) is 9.13 Å². The molecule has 0 atom stereocenters. The lowest BCUT2D eigenvalue weighted by molar-refractivity contribution is 0.472. The van der Waals surface area contributed by atoms with Crippen LogP contribution < -0.4 is 21.9 Å². The van der Waals surface area contributed by atoms with E-state index in [0.29, 0.717) is 47.8 Å². The summed E-state index contributed by atoms with van der Waals surface area (Å²) in [6, 6.07) is 6.95. The molecular formula is C26H27F2N7O. The summed E-state index contributed by atoms with van der Waals surface area (Å²) >= 11 is 0. The Balaban J connectivity index is 1.54. The van der Waals surface area contributed by atoms with Gasteiger partial charge < -0.3 is 5.32 Å². The van der Waals surface area contributed by atoms with Crippen LogP contribution in [0.3, 0.4) is 0 Å². The number of hydrazine groups is 1. The lowest BCUT2D eigenvalue weighted by Crippen LogP contribution is -2.36. The lowest BCUT2D eigenvalue weighted by atomic mass is 10.0. The summed E-state index contributed by atoms with van der Waals surface area (Å²) in [7, 11) is 0. The molecule has 10 heteroatoms. The van der Waals surface area contributed by atoms with Crippen molar-refractivity contribution in [2.45, 2.75) is 46.3 Å². The number of fused-ring (bicyclic) bond motifs is 2. The molecular weight excluding hydrogens is 464 g/mol. The number of halogens is 2. The van der Waals surface area contributed by atoms with E-state index in [2.05, 4.69) is 16.2 Å². The topological polar surface area (TPSA) is 80.8 Å². The van der Waals surface area contributed by atoms with Crippen LogP contribution in [0.1, 0.15) is 39.9 Å². The number of rotatable bonds is 3. The number of benzene rings is 2. The molecule has 4 heterocycles. The summed E-state index contributed by atoms with van der Waals surface area (Å²) in [6.07, 6.45) is 4.90. The molecule has 36 heavy (non-hydrogen) atoms. The van der Waals surface area contributed by atoms with Crippen molar-refractivity contribution >= 4 is 0 Å². The highest BCUT2D eigenvalue weighted by atomic mass is 19.1. The minimum absolute atomic E-state index is 0.199. The summed E-state index contributed by atoms with van der Waals surface area (Å²) < 4.78 is 34.4. The number of imidazole rings is 1. The van der Waals surface area contributed by atoms with E-state index in [0.717, 1.165) is 36.2 Å². The maximum absolute atomic E-state index is 15.5. The van der Waals surface area contributed by atoms with Crippen molar-refractivity contribution in [3.63, 3.8) is 0 Å². The molecule has 0 bridgehead atoms. The average Bonchev–Trinajstić information content (AvgIpc) is 3.33. The third-order valence-electron chi connectivity index (χ3n) is 7.03. The third-order valence-corrected chi connectivity index (χ3v) is 7.03. The Labute approximate surface area is 206 Å². The summed E-state index contributed by atoms with van der Waals surface area (Å²) in [5.74, 6) is -0.0930. The van der Waals surface area contributed by atoms with Crippen molar-refractivity contribution < 1.29 is 8.78 Å². The van der Waals surface area contributed by atoms with Crippen LogP contribution in [0.5, 0.6) is 0 Å². The predicted molar refractivity (Wildman–Crippen MR) is 132 cm³/mol. The molecule has 0 aliphatic carbocycles. The maximum Gasteiger partial charge on any atom is 0.338 e. The molecule has 0 fully saturated rings. The highest BCUT2D eigenvalue weighted by molar-refractivity contribution is 5.50. The van der Waals surface area contributed by atoms with Crippen molar-refractivity contribution in [1.82, 2.24) is 35.1 Å². The second-order valence-electron chi connectivity index (χ2n) is 9.40. The van der Waals surface area contributed by atoms with Gasteiger partial charge in [-0.25, -0.2) is 18.3 Å². The monoisotopic (exact) mass is 491 g/mol. The van der Waals surface area contributed by atoms with E-state index < -0.39 is 11.5 Å². The van der Waals surface area contributed by atoms with Crippen molar-refractivity contribution in [2.75, 3.05) is 6.54 Å². The van der Waals surface area contributed by atoms with Crippen LogP contribution in [-0.4, -0.2) is 25.5 Å². The first kappa shape index (κ1) is 22.8. The van der Waals surface area contributed by atoms with Gasteiger partial charge in [0, 0.05) is 43.2 Å². The van der Waals surface area contributed by atoms with Gasteiger partial charge >= 0.3 is 5.69 Å². The largest absolute Gasteiger partial charge is 0.338 e. The van der Waals surface area contributed by atoms with Gasteiger partial charge in [0.25, 0.3) is 0 Å². The van der Waals surface area contributed by atoms with Gasteiger partial charge in [0.2, 0.25) is 0 Å². The molecule has 4 aromatic rings. The van der Waals surface area contributed by atoms with Crippen LogP contribution in [0.4, 0.5) is 8.78 Å². The molecule has 2 aliphatic heterocycles. The molecule has 0 saturated heterocycles. The first-order chi connectivity index (χ1) is 17.4. The Morgan fingerprint density at radius 1 is 0.917 bits per heavy atom. The Morgan fingerprint density at radius 3 is 2.47 bits per heavy atom. The summed E-state index contributed by atoms with van der Waals surface area (Å²) in [6.45, 7) is 5.68. The second kappa shape index (κ2) is 8.81. The van der Waals surface area contributed by atoms with Crippen LogP contribution in [0, 0.1) is 25.5 Å². The molecule has 2 aromatic heterocycles. The summed E-state index contributed by atoms with van der Waals surface area (Å²) in [4.78, 5) is 13.7. The molecule has 0 amide bonds. The van der Waals surface area contributed by atoms with Crippen molar-refractivity contribution in [3.8, 4) is 17.2 Å². The Hall–Kier alpha value is -3.60. The van der Waals surface area contributed by atoms with Gasteiger partial charge in [-0.3, -0.25) is 20.0 Å². The molecule has 186 valence electrons. The van der Waals surface area contributed by atoms with Crippen LogP contribution >= 0.6 is 0 Å². The number of hydrogen-bond donors (Lipinski definition) is 3. The average molecular weight is 492 g/mol. The number of aromatic nitrogens is 4. The van der Waals surface area contributed by atoms with Gasteiger partial charge in [0.05, 0.1) is 17.1 Å². The van der Waals surface area contributed by atoms with Gasteiger partial charge in [-0.2, -0.15) is 5.10 Å². The summed E-state index contributed by atoms with van der Waals surface area (Å²) in [5, 5.41) is 8.27. The first-order valence-corrected chi connectivity index (χ1v) is 12.1. The highest BCUT2D eigenvalue weighted by Crippen LogP contribution is 2.28. The normalized spacial score (nSPS) is 15.4. The van der Waals surface area contributed by atoms with Crippen LogP contribution in [-0.2, 0) is 26.1 Å². The molecule has 0 spiro atoms. The number of nitrogens with one attached hydrogen (secondary N) is 3. The lowest BCUT2D eigenvalue weighted by Gasteiger charge is -2.20. The quantitative estimate of drug-likeness (QED) is 0.411. The van der Waals surface area contributed by atoms with Crippen LogP contribution in [0.2, 0.25) is 0 Å². The van der Waals surface area contributed by atoms with Crippen LogP contribution in [0.15, 0.2) is 41.5 Å². The van der Waals surface area contributed by atoms with Gasteiger partial charge in [-0.05, 0) is 68.1 Å². The fourth-order valence-corrected chi connectivity index (χ4v) is 5.16. The molecule has 0 unspecified atom stereocenters. The smallest absolute Gasteiger partial charge is 0.312 e. The van der Waals surface area contributed by atoms with E-state index >= 15 is 4.39 Å². The zero-order valence-electron chi connectivity index (χ0n) is 20.2. The SMILES string of the molecule is Cc1cc(-n2nc3c(c2-n2ccn(-c4ccc5c(c4F)CNNC5)c2=O)CNCCC3)cc(C)c1F. The molecule has 2 aliphatic rings. The minimum atomic E-state index is -0.417. The van der Waals surface area contributed by atoms with E-state index in [4.69, 9.17) is 5.10 Å². The standard InChI is InChI=1S/C26H27F2N7O/c1-15-10-18(11-16(2)23(15)27)35-25(20-13-29-7-3-4-21(20)32-35)34-9-8-33(26(34)36)22-6-5-17-12-30-31-14-19(17)24(22)28/h5-6,8-11,29-31H,3-4,7,12-14H2,1-2H3. The van der Waals surface area contributed by atoms with E-state index in [-0.39, 0.29) is 11.5 Å². The predicted octanol–water partition coefficient (Wildman–Crippen LogP) is 2.85. The Kier molecular flexibility index (Phi) is 5.59. The highest BCUT2D eigenvalue weighted by Gasteiger charge is 2.25. The molecule has 3 N–H and O–H groups in total. The fourth-order valence-electron chi connectivity index (χ4n) is 5.16. The first-order valence-electron chi connectivity index (χ1n) is 12.1. The van der Waals surface area contributed by atoms with Gasteiger partial charge in [0.15, 0.2) is 5.82 Å². The number of aryl methyl sites for hydroxylation is 3. The van der Waals surface area contributed by atoms with Crippen molar-refractivity contribution in [1.29, 1.82) is 0 Å².